The molecule has 1 aliphatic heterocycles. The average molecular weight is 260 g/mol. The number of rotatable bonds is 2. The molecule has 0 unspecified atom stereocenters. The van der Waals surface area contributed by atoms with E-state index in [1.165, 1.54) is 5.69 Å². The van der Waals surface area contributed by atoms with Gasteiger partial charge in [0.15, 0.2) is 5.78 Å². The van der Waals surface area contributed by atoms with Crippen LogP contribution in [0.5, 0.6) is 0 Å². The van der Waals surface area contributed by atoms with Gasteiger partial charge in [-0.2, -0.15) is 0 Å². The summed E-state index contributed by atoms with van der Waals surface area (Å²) >= 11 is 0. The van der Waals surface area contributed by atoms with Gasteiger partial charge in [0.05, 0.1) is 0 Å². The van der Waals surface area contributed by atoms with Crippen LogP contribution in [0.2, 0.25) is 0 Å². The van der Waals surface area contributed by atoms with Crippen LogP contribution in [-0.2, 0) is 0 Å². The maximum Gasteiger partial charge on any atom is 0.159 e. The number of nitrogens with zero attached hydrogens (tertiary/aromatic N) is 1. The highest BCUT2D eigenvalue weighted by Crippen LogP contribution is 2.28. The lowest BCUT2D eigenvalue weighted by molar-refractivity contribution is 0.101. The third kappa shape index (κ3) is 3.35. The molecule has 104 valence electrons. The SMILES string of the molecule is CC(=O)c1cccc(N2CCCNCCC2(C)C)c1. The monoisotopic (exact) mass is 260 g/mol. The Bertz CT molecular complexity index is 454. The molecule has 1 aromatic rings. The molecule has 0 radical (unpaired) electrons. The lowest BCUT2D eigenvalue weighted by atomic mass is 9.95. The molecule has 0 saturated carbocycles. The Labute approximate surface area is 116 Å². The molecule has 0 atom stereocenters. The molecule has 0 amide bonds. The van der Waals surface area contributed by atoms with E-state index in [0.29, 0.717) is 0 Å². The summed E-state index contributed by atoms with van der Waals surface area (Å²) in [6.45, 7) is 9.33. The van der Waals surface area contributed by atoms with E-state index >= 15 is 0 Å². The van der Waals surface area contributed by atoms with Crippen LogP contribution in [0.3, 0.4) is 0 Å². The van der Waals surface area contributed by atoms with E-state index in [4.69, 9.17) is 0 Å². The molecule has 0 spiro atoms. The van der Waals surface area contributed by atoms with Crippen LogP contribution in [0.25, 0.3) is 0 Å². The minimum Gasteiger partial charge on any atom is -0.366 e. The van der Waals surface area contributed by atoms with Crippen LogP contribution in [0.4, 0.5) is 5.69 Å². The van der Waals surface area contributed by atoms with Crippen molar-refractivity contribution in [2.45, 2.75) is 39.2 Å². The van der Waals surface area contributed by atoms with Crippen molar-refractivity contribution in [3.8, 4) is 0 Å². The third-order valence-corrected chi connectivity index (χ3v) is 3.94. The molecular formula is C16H24N2O. The Morgan fingerprint density at radius 2 is 2.11 bits per heavy atom. The van der Waals surface area contributed by atoms with Crippen molar-refractivity contribution < 1.29 is 4.79 Å². The van der Waals surface area contributed by atoms with Gasteiger partial charge in [-0.1, -0.05) is 12.1 Å². The van der Waals surface area contributed by atoms with Crippen molar-refractivity contribution in [3.63, 3.8) is 0 Å². The van der Waals surface area contributed by atoms with Crippen LogP contribution >= 0.6 is 0 Å². The molecule has 0 aliphatic carbocycles. The number of Topliss-reactive ketones (excluding diaryl/α,β-unsaturated/α-hetero) is 1. The highest BCUT2D eigenvalue weighted by Gasteiger charge is 2.27. The Morgan fingerprint density at radius 1 is 1.32 bits per heavy atom. The lowest BCUT2D eigenvalue weighted by Gasteiger charge is -2.42. The van der Waals surface area contributed by atoms with Gasteiger partial charge in [-0.05, 0) is 58.8 Å². The Morgan fingerprint density at radius 3 is 2.84 bits per heavy atom. The van der Waals surface area contributed by atoms with Gasteiger partial charge in [0.2, 0.25) is 0 Å². The fraction of sp³-hybridized carbons (Fsp3) is 0.562. The van der Waals surface area contributed by atoms with Crippen molar-refractivity contribution in [1.29, 1.82) is 0 Å². The molecular weight excluding hydrogens is 236 g/mol. The lowest BCUT2D eigenvalue weighted by Crippen LogP contribution is -2.49. The second-order valence-corrected chi connectivity index (χ2v) is 5.92. The Kier molecular flexibility index (Phi) is 4.25. The second kappa shape index (κ2) is 5.74. The van der Waals surface area contributed by atoms with Crippen LogP contribution in [0.1, 0.15) is 44.0 Å². The fourth-order valence-corrected chi connectivity index (χ4v) is 2.69. The fourth-order valence-electron chi connectivity index (χ4n) is 2.69. The summed E-state index contributed by atoms with van der Waals surface area (Å²) in [4.78, 5) is 14.0. The van der Waals surface area contributed by atoms with Gasteiger partial charge in [0.1, 0.15) is 0 Å². The van der Waals surface area contributed by atoms with Crippen molar-refractivity contribution >= 4 is 11.5 Å². The van der Waals surface area contributed by atoms with E-state index in [0.717, 1.165) is 38.0 Å². The van der Waals surface area contributed by atoms with E-state index in [-0.39, 0.29) is 11.3 Å². The van der Waals surface area contributed by atoms with Crippen LogP contribution < -0.4 is 10.2 Å². The predicted octanol–water partition coefficient (Wildman–Crippen LogP) is 2.86. The Balaban J connectivity index is 2.30. The van der Waals surface area contributed by atoms with Gasteiger partial charge in [0, 0.05) is 23.3 Å². The Hall–Kier alpha value is -1.35. The molecule has 3 heteroatoms. The van der Waals surface area contributed by atoms with Gasteiger partial charge in [0.25, 0.3) is 0 Å². The van der Waals surface area contributed by atoms with Crippen molar-refractivity contribution in [2.75, 3.05) is 24.5 Å². The van der Waals surface area contributed by atoms with E-state index in [1.807, 2.05) is 18.2 Å². The third-order valence-electron chi connectivity index (χ3n) is 3.94. The van der Waals surface area contributed by atoms with Crippen molar-refractivity contribution in [1.82, 2.24) is 5.32 Å². The first kappa shape index (κ1) is 14.1. The number of hydrogen-bond donors (Lipinski definition) is 1. The molecule has 19 heavy (non-hydrogen) atoms. The molecule has 1 saturated heterocycles. The molecule has 1 heterocycles. The van der Waals surface area contributed by atoms with E-state index in [2.05, 4.69) is 30.1 Å². The molecule has 1 aromatic carbocycles. The molecule has 0 aromatic heterocycles. The first-order valence-corrected chi connectivity index (χ1v) is 7.10. The molecule has 1 aliphatic rings. The number of hydrogen-bond acceptors (Lipinski definition) is 3. The van der Waals surface area contributed by atoms with Gasteiger partial charge in [-0.25, -0.2) is 0 Å². The summed E-state index contributed by atoms with van der Waals surface area (Å²) in [6.07, 6.45) is 2.24. The second-order valence-electron chi connectivity index (χ2n) is 5.92. The number of anilines is 1. The smallest absolute Gasteiger partial charge is 0.159 e. The first-order chi connectivity index (χ1) is 9.00. The predicted molar refractivity (Wildman–Crippen MR) is 80.0 cm³/mol. The molecule has 3 nitrogen and oxygen atoms in total. The van der Waals surface area contributed by atoms with E-state index in [1.54, 1.807) is 6.92 Å². The summed E-state index contributed by atoms with van der Waals surface area (Å²) in [6, 6.07) is 8.02. The summed E-state index contributed by atoms with van der Waals surface area (Å²) in [7, 11) is 0. The topological polar surface area (TPSA) is 32.3 Å². The number of ketones is 1. The quantitative estimate of drug-likeness (QED) is 0.830. The minimum atomic E-state index is 0.114. The van der Waals surface area contributed by atoms with Crippen molar-refractivity contribution in [2.24, 2.45) is 0 Å². The van der Waals surface area contributed by atoms with Gasteiger partial charge in [-0.15, -0.1) is 0 Å². The van der Waals surface area contributed by atoms with Gasteiger partial charge < -0.3 is 10.2 Å². The maximum absolute atomic E-state index is 11.5. The summed E-state index contributed by atoms with van der Waals surface area (Å²) in [5.74, 6) is 0.133. The molecule has 1 fully saturated rings. The van der Waals surface area contributed by atoms with Gasteiger partial charge in [-0.3, -0.25) is 4.79 Å². The van der Waals surface area contributed by atoms with E-state index in [9.17, 15) is 4.79 Å². The van der Waals surface area contributed by atoms with Crippen LogP contribution in [-0.4, -0.2) is 31.0 Å². The number of carbonyl (C=O) groups is 1. The summed E-state index contributed by atoms with van der Waals surface area (Å²) < 4.78 is 0. The average Bonchev–Trinajstić information content (AvgIpc) is 2.35. The van der Waals surface area contributed by atoms with E-state index < -0.39 is 0 Å². The number of carbonyl (C=O) groups excluding carboxylic acids is 1. The minimum absolute atomic E-state index is 0.114. The summed E-state index contributed by atoms with van der Waals surface area (Å²) in [5, 5.41) is 3.46. The number of nitrogens with one attached hydrogen (secondary N) is 1. The zero-order valence-corrected chi connectivity index (χ0v) is 12.2. The maximum atomic E-state index is 11.5. The molecule has 2 rings (SSSR count). The molecule has 1 N–H and O–H groups in total. The number of benzene rings is 1. The molecule has 0 bridgehead atoms. The van der Waals surface area contributed by atoms with Crippen molar-refractivity contribution in [3.05, 3.63) is 29.8 Å². The van der Waals surface area contributed by atoms with Crippen LogP contribution in [0, 0.1) is 0 Å². The summed E-state index contributed by atoms with van der Waals surface area (Å²) in [5.41, 5.74) is 2.08. The van der Waals surface area contributed by atoms with Crippen LogP contribution in [0.15, 0.2) is 24.3 Å². The zero-order valence-electron chi connectivity index (χ0n) is 12.2. The highest BCUT2D eigenvalue weighted by atomic mass is 16.1. The largest absolute Gasteiger partial charge is 0.366 e. The zero-order chi connectivity index (χ0) is 13.9. The standard InChI is InChI=1S/C16H24N2O/c1-13(19)14-6-4-7-15(12-14)18-11-5-9-17-10-8-16(18,2)3/h4,6-7,12,17H,5,8-11H2,1-3H3. The highest BCUT2D eigenvalue weighted by molar-refractivity contribution is 5.95. The normalized spacial score (nSPS) is 19.6. The van der Waals surface area contributed by atoms with Gasteiger partial charge >= 0.3 is 0 Å². The first-order valence-electron chi connectivity index (χ1n) is 7.10.